The third kappa shape index (κ3) is 5.33. The second-order valence-electron chi connectivity index (χ2n) is 5.05. The van der Waals surface area contributed by atoms with Crippen LogP contribution in [0.4, 0.5) is 10.5 Å². The van der Waals surface area contributed by atoms with Crippen molar-refractivity contribution in [1.29, 1.82) is 0 Å². The van der Waals surface area contributed by atoms with Crippen LogP contribution in [0.5, 0.6) is 0 Å². The van der Waals surface area contributed by atoms with Crippen LogP contribution in [-0.2, 0) is 0 Å². The number of amides is 2. The Kier molecular flexibility index (Phi) is 7.31. The number of nitro benzene ring substituents is 1. The first-order valence-corrected chi connectivity index (χ1v) is 7.44. The molecule has 2 unspecified atom stereocenters. The fourth-order valence-corrected chi connectivity index (χ4v) is 2.20. The van der Waals surface area contributed by atoms with Gasteiger partial charge in [0.1, 0.15) is 0 Å². The highest BCUT2D eigenvalue weighted by molar-refractivity contribution is 5.74. The summed E-state index contributed by atoms with van der Waals surface area (Å²) in [6, 6.07) is 5.53. The SMILES string of the molecule is CCC(CCO)NC(=O)NC(CC)c1cccc([N+](=O)[O-])c1. The Morgan fingerprint density at radius 3 is 2.59 bits per heavy atom. The van der Waals surface area contributed by atoms with Crippen molar-refractivity contribution in [3.8, 4) is 0 Å². The van der Waals surface area contributed by atoms with Crippen LogP contribution in [-0.4, -0.2) is 28.7 Å². The second kappa shape index (κ2) is 8.99. The number of aliphatic hydroxyl groups excluding tert-OH is 1. The van der Waals surface area contributed by atoms with E-state index in [1.165, 1.54) is 12.1 Å². The van der Waals surface area contributed by atoms with Gasteiger partial charge in [0.2, 0.25) is 0 Å². The monoisotopic (exact) mass is 309 g/mol. The molecule has 2 amide bonds. The molecular weight excluding hydrogens is 286 g/mol. The number of hydrogen-bond acceptors (Lipinski definition) is 4. The largest absolute Gasteiger partial charge is 0.396 e. The number of nitrogens with zero attached hydrogens (tertiary/aromatic N) is 1. The molecule has 0 fully saturated rings. The van der Waals surface area contributed by atoms with E-state index in [0.717, 1.165) is 6.42 Å². The van der Waals surface area contributed by atoms with Gasteiger partial charge < -0.3 is 15.7 Å². The first kappa shape index (κ1) is 17.9. The topological polar surface area (TPSA) is 104 Å². The third-order valence-corrected chi connectivity index (χ3v) is 3.50. The molecule has 0 radical (unpaired) electrons. The second-order valence-corrected chi connectivity index (χ2v) is 5.05. The minimum absolute atomic E-state index is 0.00451. The molecule has 1 aromatic carbocycles. The van der Waals surface area contributed by atoms with Gasteiger partial charge in [-0.05, 0) is 24.8 Å². The van der Waals surface area contributed by atoms with E-state index in [-0.39, 0.29) is 30.4 Å². The molecule has 1 rings (SSSR count). The van der Waals surface area contributed by atoms with Crippen molar-refractivity contribution in [1.82, 2.24) is 10.6 Å². The fourth-order valence-electron chi connectivity index (χ4n) is 2.20. The Morgan fingerprint density at radius 2 is 2.05 bits per heavy atom. The quantitative estimate of drug-likeness (QED) is 0.507. The first-order valence-electron chi connectivity index (χ1n) is 7.44. The molecule has 0 aliphatic heterocycles. The Hall–Kier alpha value is -2.15. The molecule has 0 saturated heterocycles. The lowest BCUT2D eigenvalue weighted by molar-refractivity contribution is -0.384. The molecule has 22 heavy (non-hydrogen) atoms. The zero-order valence-corrected chi connectivity index (χ0v) is 12.9. The smallest absolute Gasteiger partial charge is 0.315 e. The van der Waals surface area contributed by atoms with Crippen molar-refractivity contribution in [2.75, 3.05) is 6.61 Å². The summed E-state index contributed by atoms with van der Waals surface area (Å²) < 4.78 is 0. The Morgan fingerprint density at radius 1 is 1.32 bits per heavy atom. The molecule has 0 aliphatic carbocycles. The lowest BCUT2D eigenvalue weighted by Gasteiger charge is -2.21. The van der Waals surface area contributed by atoms with Crippen molar-refractivity contribution >= 4 is 11.7 Å². The lowest BCUT2D eigenvalue weighted by Crippen LogP contribution is -2.43. The van der Waals surface area contributed by atoms with Crippen LogP contribution in [0.15, 0.2) is 24.3 Å². The molecule has 0 aromatic heterocycles. The zero-order valence-electron chi connectivity index (χ0n) is 12.9. The van der Waals surface area contributed by atoms with E-state index < -0.39 is 4.92 Å². The molecule has 2 atom stereocenters. The average molecular weight is 309 g/mol. The summed E-state index contributed by atoms with van der Waals surface area (Å²) in [5, 5.41) is 25.4. The Labute approximate surface area is 129 Å². The molecule has 0 aliphatic rings. The molecular formula is C15H23N3O4. The molecule has 0 bridgehead atoms. The van der Waals surface area contributed by atoms with Gasteiger partial charge in [-0.1, -0.05) is 26.0 Å². The molecule has 7 heteroatoms. The molecule has 122 valence electrons. The van der Waals surface area contributed by atoms with Crippen LogP contribution >= 0.6 is 0 Å². The van der Waals surface area contributed by atoms with E-state index in [0.29, 0.717) is 18.4 Å². The van der Waals surface area contributed by atoms with Gasteiger partial charge in [0.05, 0.1) is 11.0 Å². The maximum absolute atomic E-state index is 12.0. The van der Waals surface area contributed by atoms with Gasteiger partial charge >= 0.3 is 6.03 Å². The van der Waals surface area contributed by atoms with Gasteiger partial charge in [-0.2, -0.15) is 0 Å². The summed E-state index contributed by atoms with van der Waals surface area (Å²) in [4.78, 5) is 22.4. The van der Waals surface area contributed by atoms with Crippen LogP contribution in [0.2, 0.25) is 0 Å². The van der Waals surface area contributed by atoms with Crippen molar-refractivity contribution in [3.63, 3.8) is 0 Å². The third-order valence-electron chi connectivity index (χ3n) is 3.50. The minimum Gasteiger partial charge on any atom is -0.396 e. The van der Waals surface area contributed by atoms with E-state index in [1.54, 1.807) is 12.1 Å². The molecule has 0 heterocycles. The van der Waals surface area contributed by atoms with Gasteiger partial charge in [0.25, 0.3) is 5.69 Å². The highest BCUT2D eigenvalue weighted by atomic mass is 16.6. The van der Waals surface area contributed by atoms with Gasteiger partial charge in [0.15, 0.2) is 0 Å². The summed E-state index contributed by atoms with van der Waals surface area (Å²) in [5.41, 5.74) is 0.701. The predicted molar refractivity (Wildman–Crippen MR) is 83.6 cm³/mol. The van der Waals surface area contributed by atoms with E-state index >= 15 is 0 Å². The number of urea groups is 1. The highest BCUT2D eigenvalue weighted by Crippen LogP contribution is 2.21. The van der Waals surface area contributed by atoms with E-state index in [4.69, 9.17) is 5.11 Å². The predicted octanol–water partition coefficient (Wildman–Crippen LogP) is 2.51. The number of nitro groups is 1. The summed E-state index contributed by atoms with van der Waals surface area (Å²) >= 11 is 0. The Balaban J connectivity index is 2.74. The van der Waals surface area contributed by atoms with Crippen LogP contribution in [0, 0.1) is 10.1 Å². The van der Waals surface area contributed by atoms with Crippen LogP contribution < -0.4 is 10.6 Å². The number of non-ortho nitro benzene ring substituents is 1. The van der Waals surface area contributed by atoms with Crippen LogP contribution in [0.1, 0.15) is 44.7 Å². The van der Waals surface area contributed by atoms with Crippen molar-refractivity contribution in [2.24, 2.45) is 0 Å². The standard InChI is InChI=1S/C15H23N3O4/c1-3-12(8-9-19)16-15(20)17-14(4-2)11-6-5-7-13(10-11)18(21)22/h5-7,10,12,14,19H,3-4,8-9H2,1-2H3,(H2,16,17,20). The van der Waals surface area contributed by atoms with Crippen molar-refractivity contribution < 1.29 is 14.8 Å². The summed E-state index contributed by atoms with van der Waals surface area (Å²) in [5.74, 6) is 0. The molecule has 7 nitrogen and oxygen atoms in total. The zero-order chi connectivity index (χ0) is 16.5. The average Bonchev–Trinajstić information content (AvgIpc) is 2.52. The van der Waals surface area contributed by atoms with Gasteiger partial charge in [-0.15, -0.1) is 0 Å². The van der Waals surface area contributed by atoms with Crippen molar-refractivity contribution in [2.45, 2.75) is 45.2 Å². The van der Waals surface area contributed by atoms with Gasteiger partial charge in [0, 0.05) is 24.8 Å². The van der Waals surface area contributed by atoms with Crippen LogP contribution in [0.3, 0.4) is 0 Å². The molecule has 0 saturated carbocycles. The van der Waals surface area contributed by atoms with E-state index in [1.807, 2.05) is 13.8 Å². The number of hydrogen-bond donors (Lipinski definition) is 3. The summed E-state index contributed by atoms with van der Waals surface area (Å²) in [7, 11) is 0. The van der Waals surface area contributed by atoms with Gasteiger partial charge in [-0.3, -0.25) is 10.1 Å². The maximum Gasteiger partial charge on any atom is 0.315 e. The van der Waals surface area contributed by atoms with E-state index in [2.05, 4.69) is 10.6 Å². The van der Waals surface area contributed by atoms with Gasteiger partial charge in [-0.25, -0.2) is 4.79 Å². The molecule has 1 aromatic rings. The number of nitrogens with one attached hydrogen (secondary N) is 2. The Bertz CT molecular complexity index is 507. The normalized spacial score (nSPS) is 13.2. The maximum atomic E-state index is 12.0. The molecule has 0 spiro atoms. The minimum atomic E-state index is -0.454. The number of aliphatic hydroxyl groups is 1. The first-order chi connectivity index (χ1) is 10.5. The summed E-state index contributed by atoms with van der Waals surface area (Å²) in [6.07, 6.45) is 1.84. The van der Waals surface area contributed by atoms with Crippen LogP contribution in [0.25, 0.3) is 0 Å². The highest BCUT2D eigenvalue weighted by Gasteiger charge is 2.17. The molecule has 3 N–H and O–H groups in total. The number of carbonyl (C=O) groups is 1. The number of rotatable bonds is 8. The fraction of sp³-hybridized carbons (Fsp3) is 0.533. The van der Waals surface area contributed by atoms with Crippen molar-refractivity contribution in [3.05, 3.63) is 39.9 Å². The number of carbonyl (C=O) groups excluding carboxylic acids is 1. The van der Waals surface area contributed by atoms with E-state index in [9.17, 15) is 14.9 Å². The summed E-state index contributed by atoms with van der Waals surface area (Å²) in [6.45, 7) is 3.84. The number of benzene rings is 1. The lowest BCUT2D eigenvalue weighted by atomic mass is 10.0.